The quantitative estimate of drug-likeness (QED) is 0.185. The molecule has 3 N–H and O–H groups in total. The third-order valence-corrected chi connectivity index (χ3v) is 4.29. The Kier molecular flexibility index (Phi) is 24.3. The van der Waals surface area contributed by atoms with E-state index in [9.17, 15) is 9.59 Å². The zero-order valence-corrected chi connectivity index (χ0v) is 16.5. The number of aldehydes is 1. The van der Waals surface area contributed by atoms with Gasteiger partial charge in [0.15, 0.2) is 0 Å². The van der Waals surface area contributed by atoms with Crippen LogP contribution in [0.3, 0.4) is 0 Å². The topological polar surface area (TPSA) is 86.6 Å². The van der Waals surface area contributed by atoms with E-state index in [1.807, 2.05) is 0 Å². The van der Waals surface area contributed by atoms with Gasteiger partial charge in [0.1, 0.15) is 6.29 Å². The van der Waals surface area contributed by atoms with Crippen LogP contribution in [0.4, 0.5) is 0 Å². The van der Waals surface area contributed by atoms with Gasteiger partial charge in [-0.3, -0.25) is 4.79 Å². The van der Waals surface area contributed by atoms with Gasteiger partial charge in [-0.1, -0.05) is 78.1 Å². The Bertz CT molecular complexity index is 285. The molecular formula is C20H41NO4. The fourth-order valence-electron chi connectivity index (χ4n) is 2.73. The van der Waals surface area contributed by atoms with Crippen molar-refractivity contribution >= 4 is 12.3 Å². The van der Waals surface area contributed by atoms with Gasteiger partial charge in [0, 0.05) is 13.0 Å². The second-order valence-corrected chi connectivity index (χ2v) is 6.73. The molecule has 0 heterocycles. The van der Waals surface area contributed by atoms with Crippen LogP contribution in [0.15, 0.2) is 0 Å². The molecular weight excluding hydrogens is 318 g/mol. The lowest BCUT2D eigenvalue weighted by Crippen LogP contribution is -2.19. The van der Waals surface area contributed by atoms with Gasteiger partial charge < -0.3 is 15.1 Å². The van der Waals surface area contributed by atoms with Crippen LogP contribution in [-0.2, 0) is 9.59 Å². The van der Waals surface area contributed by atoms with Crippen molar-refractivity contribution in [1.82, 2.24) is 5.48 Å². The van der Waals surface area contributed by atoms with Crippen LogP contribution in [0.2, 0.25) is 0 Å². The molecule has 0 amide bonds. The van der Waals surface area contributed by atoms with Crippen molar-refractivity contribution in [1.29, 1.82) is 0 Å². The van der Waals surface area contributed by atoms with Gasteiger partial charge in [-0.15, -0.1) is 0 Å². The van der Waals surface area contributed by atoms with E-state index in [0.29, 0.717) is 12.2 Å². The molecule has 0 fully saturated rings. The number of hydroxylamine groups is 1. The lowest BCUT2D eigenvalue weighted by atomic mass is 9.94. The molecule has 25 heavy (non-hydrogen) atoms. The summed E-state index contributed by atoms with van der Waals surface area (Å²) in [5.41, 5.74) is 2.37. The number of carboxylic acids is 1. The highest BCUT2D eigenvalue weighted by Gasteiger charge is 2.07. The molecule has 0 rings (SSSR count). The summed E-state index contributed by atoms with van der Waals surface area (Å²) >= 11 is 0. The highest BCUT2D eigenvalue weighted by molar-refractivity contribution is 5.70. The Hall–Kier alpha value is -0.940. The summed E-state index contributed by atoms with van der Waals surface area (Å²) in [5, 5.41) is 16.7. The lowest BCUT2D eigenvalue weighted by Gasteiger charge is -2.15. The fraction of sp³-hybridized carbons (Fsp3) is 0.900. The van der Waals surface area contributed by atoms with Crippen molar-refractivity contribution < 1.29 is 19.9 Å². The molecule has 1 unspecified atom stereocenters. The maximum absolute atomic E-state index is 9.60. The van der Waals surface area contributed by atoms with E-state index < -0.39 is 5.97 Å². The Balaban J connectivity index is 0. The number of unbranched alkanes of at least 4 members (excludes halogenated alkanes) is 8. The van der Waals surface area contributed by atoms with Gasteiger partial charge in [0.2, 0.25) is 0 Å². The van der Waals surface area contributed by atoms with E-state index in [2.05, 4.69) is 19.3 Å². The molecule has 5 nitrogen and oxygen atoms in total. The fourth-order valence-corrected chi connectivity index (χ4v) is 2.73. The first kappa shape index (κ1) is 26.3. The summed E-state index contributed by atoms with van der Waals surface area (Å²) in [7, 11) is 0. The highest BCUT2D eigenvalue weighted by Crippen LogP contribution is 2.18. The molecule has 0 aromatic rings. The SMILES string of the molecule is CCCCCCCCC(CCCCCC)CNO.O=CCCC(=O)O. The third kappa shape index (κ3) is 25.4. The van der Waals surface area contributed by atoms with Crippen LogP contribution < -0.4 is 5.48 Å². The van der Waals surface area contributed by atoms with Crippen LogP contribution in [0, 0.1) is 5.92 Å². The smallest absolute Gasteiger partial charge is 0.303 e. The molecule has 0 aromatic carbocycles. The first-order valence-corrected chi connectivity index (χ1v) is 10.1. The second-order valence-electron chi connectivity index (χ2n) is 6.73. The van der Waals surface area contributed by atoms with Crippen molar-refractivity contribution in [3.8, 4) is 0 Å². The number of hydrogen-bond donors (Lipinski definition) is 3. The molecule has 0 aliphatic rings. The molecule has 0 radical (unpaired) electrons. The molecule has 0 spiro atoms. The zero-order chi connectivity index (χ0) is 19.2. The molecule has 150 valence electrons. The van der Waals surface area contributed by atoms with E-state index in [1.54, 1.807) is 0 Å². The van der Waals surface area contributed by atoms with E-state index in [0.717, 1.165) is 6.54 Å². The van der Waals surface area contributed by atoms with Gasteiger partial charge in [-0.2, -0.15) is 0 Å². The molecule has 5 heteroatoms. The minimum Gasteiger partial charge on any atom is -0.481 e. The first-order valence-electron chi connectivity index (χ1n) is 10.1. The predicted molar refractivity (Wildman–Crippen MR) is 103 cm³/mol. The maximum Gasteiger partial charge on any atom is 0.303 e. The largest absolute Gasteiger partial charge is 0.481 e. The minimum absolute atomic E-state index is 0.0521. The number of hydrogen-bond acceptors (Lipinski definition) is 4. The summed E-state index contributed by atoms with van der Waals surface area (Å²) in [4.78, 5) is 19.0. The normalized spacial score (nSPS) is 11.5. The van der Waals surface area contributed by atoms with Gasteiger partial charge in [-0.25, -0.2) is 5.48 Å². The summed E-state index contributed by atoms with van der Waals surface area (Å²) < 4.78 is 0. The van der Waals surface area contributed by atoms with Crippen molar-refractivity contribution in [2.45, 2.75) is 104 Å². The van der Waals surface area contributed by atoms with E-state index in [4.69, 9.17) is 10.3 Å². The summed E-state index contributed by atoms with van der Waals surface area (Å²) in [5.74, 6) is -0.245. The lowest BCUT2D eigenvalue weighted by molar-refractivity contribution is -0.137. The molecule has 1 atom stereocenters. The maximum atomic E-state index is 9.60. The number of rotatable bonds is 17. The summed E-state index contributed by atoms with van der Waals surface area (Å²) in [6.07, 6.45) is 16.8. The van der Waals surface area contributed by atoms with Crippen LogP contribution in [0.25, 0.3) is 0 Å². The first-order chi connectivity index (χ1) is 12.1. The van der Waals surface area contributed by atoms with Crippen LogP contribution in [-0.4, -0.2) is 29.1 Å². The Labute approximate surface area is 154 Å². The van der Waals surface area contributed by atoms with Gasteiger partial charge in [-0.05, 0) is 18.8 Å². The second kappa shape index (κ2) is 23.1. The van der Waals surface area contributed by atoms with Gasteiger partial charge in [0.25, 0.3) is 0 Å². The van der Waals surface area contributed by atoms with Crippen LogP contribution in [0.1, 0.15) is 104 Å². The Morgan fingerprint density at radius 2 is 1.40 bits per heavy atom. The Morgan fingerprint density at radius 3 is 1.80 bits per heavy atom. The van der Waals surface area contributed by atoms with Crippen LogP contribution in [0.5, 0.6) is 0 Å². The number of carbonyl (C=O) groups is 2. The highest BCUT2D eigenvalue weighted by atomic mass is 16.5. The van der Waals surface area contributed by atoms with E-state index >= 15 is 0 Å². The standard InChI is InChI=1S/C16H35NO.C4H6O3/c1-3-5-7-9-10-12-14-16(15-17-18)13-11-8-6-4-2;5-3-1-2-4(6)7/h16-18H,3-15H2,1-2H3;3H,1-2H2,(H,6,7). The molecule has 0 bridgehead atoms. The van der Waals surface area contributed by atoms with E-state index in [1.165, 1.54) is 77.0 Å². The summed E-state index contributed by atoms with van der Waals surface area (Å²) in [6.45, 7) is 5.30. The number of nitrogens with one attached hydrogen (secondary N) is 1. The van der Waals surface area contributed by atoms with Gasteiger partial charge >= 0.3 is 5.97 Å². The molecule has 0 aliphatic carbocycles. The number of carboxylic acid groups (broad SMARTS) is 1. The molecule has 0 aromatic heterocycles. The number of aliphatic carboxylic acids is 1. The monoisotopic (exact) mass is 359 g/mol. The van der Waals surface area contributed by atoms with Crippen molar-refractivity contribution in [3.63, 3.8) is 0 Å². The van der Waals surface area contributed by atoms with Crippen molar-refractivity contribution in [2.75, 3.05) is 6.54 Å². The van der Waals surface area contributed by atoms with Crippen molar-refractivity contribution in [3.05, 3.63) is 0 Å². The predicted octanol–water partition coefficient (Wildman–Crippen LogP) is 5.35. The summed E-state index contributed by atoms with van der Waals surface area (Å²) in [6, 6.07) is 0. The zero-order valence-electron chi connectivity index (χ0n) is 16.5. The molecule has 0 aliphatic heterocycles. The minimum atomic E-state index is -0.924. The number of carbonyl (C=O) groups excluding carboxylic acids is 1. The van der Waals surface area contributed by atoms with Crippen LogP contribution >= 0.6 is 0 Å². The average Bonchev–Trinajstić information content (AvgIpc) is 2.60. The molecule has 0 saturated carbocycles. The van der Waals surface area contributed by atoms with E-state index in [-0.39, 0.29) is 12.8 Å². The molecule has 0 saturated heterocycles. The van der Waals surface area contributed by atoms with Crippen molar-refractivity contribution in [2.24, 2.45) is 5.92 Å². The Morgan fingerprint density at radius 1 is 0.920 bits per heavy atom. The van der Waals surface area contributed by atoms with Gasteiger partial charge in [0.05, 0.1) is 6.42 Å². The average molecular weight is 360 g/mol. The third-order valence-electron chi connectivity index (χ3n) is 4.29.